The highest BCUT2D eigenvalue weighted by atomic mass is 28.3. The summed E-state index contributed by atoms with van der Waals surface area (Å²) in [7, 11) is -0.322. The molecule has 0 bridgehead atoms. The van der Waals surface area contributed by atoms with Gasteiger partial charge in [0.1, 0.15) is 0 Å². The van der Waals surface area contributed by atoms with Gasteiger partial charge < -0.3 is 4.57 Å². The number of hydrogen-bond donors (Lipinski definition) is 0. The summed E-state index contributed by atoms with van der Waals surface area (Å²) < 4.78 is 2.40. The lowest BCUT2D eigenvalue weighted by Crippen LogP contribution is -2.72. The first-order valence-electron chi connectivity index (χ1n) is 15.0. The Hall–Kier alpha value is -5.18. The Morgan fingerprint density at radius 2 is 1.05 bits per heavy atom. The molecule has 1 aromatic heterocycles. The molecule has 0 saturated carbocycles. The molecule has 0 N–H and O–H groups in total. The predicted octanol–water partition coefficient (Wildman–Crippen LogP) is 7.51. The van der Waals surface area contributed by atoms with Crippen LogP contribution in [0.4, 0.5) is 0 Å². The van der Waals surface area contributed by atoms with E-state index in [4.69, 9.17) is 0 Å². The van der Waals surface area contributed by atoms with Crippen LogP contribution < -0.4 is 20.7 Å². The monoisotopic (exact) mass is 563 g/mol. The van der Waals surface area contributed by atoms with E-state index in [1.807, 2.05) is 0 Å². The van der Waals surface area contributed by atoms with Crippen molar-refractivity contribution in [2.75, 3.05) is 0 Å². The van der Waals surface area contributed by atoms with Crippen LogP contribution >= 0.6 is 0 Å². The second-order valence-electron chi connectivity index (χ2n) is 11.8. The van der Waals surface area contributed by atoms with E-state index in [0.717, 1.165) is 0 Å². The molecular weight excluding hydrogens is 535 g/mol. The van der Waals surface area contributed by atoms with Gasteiger partial charge >= 0.3 is 0 Å². The van der Waals surface area contributed by atoms with Crippen molar-refractivity contribution >= 4 is 61.4 Å². The number of fused-ring (bicyclic) bond motifs is 7. The summed E-state index contributed by atoms with van der Waals surface area (Å²) in [6, 6.07) is 59.1. The Morgan fingerprint density at radius 3 is 1.79 bits per heavy atom. The molecule has 0 fully saturated rings. The first kappa shape index (κ1) is 24.4. The van der Waals surface area contributed by atoms with Crippen LogP contribution in [0.15, 0.2) is 158 Å². The molecule has 2 heteroatoms. The van der Waals surface area contributed by atoms with Crippen molar-refractivity contribution in [2.45, 2.75) is 0 Å². The quantitative estimate of drug-likeness (QED) is 0.196. The van der Waals surface area contributed by atoms with E-state index in [9.17, 15) is 0 Å². The minimum atomic E-state index is -2.54. The van der Waals surface area contributed by atoms with Gasteiger partial charge in [-0.15, -0.1) is 0 Å². The van der Waals surface area contributed by atoms with Gasteiger partial charge in [-0.1, -0.05) is 146 Å². The average Bonchev–Trinajstić information content (AvgIpc) is 3.53. The predicted molar refractivity (Wildman–Crippen MR) is 186 cm³/mol. The fourth-order valence-corrected chi connectivity index (χ4v) is 13.0. The number of benzene rings is 7. The Morgan fingerprint density at radius 1 is 0.442 bits per heavy atom. The fourth-order valence-electron chi connectivity index (χ4n) is 7.81. The molecule has 9 rings (SSSR count). The first-order chi connectivity index (χ1) is 21.2. The third kappa shape index (κ3) is 3.33. The molecule has 43 heavy (non-hydrogen) atoms. The zero-order valence-electron chi connectivity index (χ0n) is 24.0. The summed E-state index contributed by atoms with van der Waals surface area (Å²) in [5.74, 6) is 0. The van der Waals surface area contributed by atoms with Crippen LogP contribution in [0, 0.1) is 0 Å². The summed E-state index contributed by atoms with van der Waals surface area (Å²) in [6.07, 6.45) is 0. The van der Waals surface area contributed by atoms with Gasteiger partial charge in [-0.25, -0.2) is 0 Å². The van der Waals surface area contributed by atoms with Crippen molar-refractivity contribution in [3.63, 3.8) is 0 Å². The van der Waals surface area contributed by atoms with Crippen LogP contribution in [0.5, 0.6) is 0 Å². The maximum Gasteiger partial charge on any atom is 0.180 e. The van der Waals surface area contributed by atoms with Crippen molar-refractivity contribution in [2.24, 2.45) is 7.05 Å². The van der Waals surface area contributed by atoms with Crippen molar-refractivity contribution < 1.29 is 0 Å². The largest absolute Gasteiger partial charge is 0.343 e. The molecule has 0 amide bonds. The minimum absolute atomic E-state index is 1.27. The molecule has 0 spiro atoms. The van der Waals surface area contributed by atoms with Crippen LogP contribution in [0.1, 0.15) is 0 Å². The molecule has 0 aliphatic carbocycles. The summed E-state index contributed by atoms with van der Waals surface area (Å²) >= 11 is 0. The summed E-state index contributed by atoms with van der Waals surface area (Å²) in [5, 5.41) is 11.0. The van der Waals surface area contributed by atoms with Gasteiger partial charge in [-0.3, -0.25) is 0 Å². The lowest BCUT2D eigenvalue weighted by Gasteiger charge is -2.31. The highest BCUT2D eigenvalue weighted by Crippen LogP contribution is 2.38. The normalized spacial score (nSPS) is 13.4. The highest BCUT2D eigenvalue weighted by molar-refractivity contribution is 7.22. The highest BCUT2D eigenvalue weighted by Gasteiger charge is 2.48. The van der Waals surface area contributed by atoms with Gasteiger partial charge in [0.2, 0.25) is 0 Å². The van der Waals surface area contributed by atoms with E-state index in [0.29, 0.717) is 0 Å². The van der Waals surface area contributed by atoms with Gasteiger partial charge in [0, 0.05) is 28.9 Å². The SMILES string of the molecule is Cn1c2cc3ccccc3cc2c2cccc(-c3ccc4c(c3)[Si](c3ccccc3)(c3ccccc3)c3ccccc3-4)c21. The maximum absolute atomic E-state index is 2.54. The van der Waals surface area contributed by atoms with E-state index in [-0.39, 0.29) is 0 Å². The fraction of sp³-hybridized carbons (Fsp3) is 0.0244. The number of para-hydroxylation sites is 1. The summed E-state index contributed by atoms with van der Waals surface area (Å²) in [6.45, 7) is 0. The topological polar surface area (TPSA) is 4.93 Å². The molecule has 7 aromatic carbocycles. The third-order valence-corrected chi connectivity index (χ3v) is 14.5. The number of hydrogen-bond acceptors (Lipinski definition) is 0. The molecule has 1 aliphatic heterocycles. The molecule has 0 saturated heterocycles. The Labute approximate surface area is 252 Å². The van der Waals surface area contributed by atoms with Crippen LogP contribution in [0.25, 0.3) is 54.8 Å². The van der Waals surface area contributed by atoms with E-state index < -0.39 is 8.07 Å². The smallest absolute Gasteiger partial charge is 0.180 e. The Kier molecular flexibility index (Phi) is 5.20. The first-order valence-corrected chi connectivity index (χ1v) is 17.0. The van der Waals surface area contributed by atoms with Crippen molar-refractivity contribution in [3.8, 4) is 22.3 Å². The molecule has 0 atom stereocenters. The molecule has 1 nitrogen and oxygen atoms in total. The van der Waals surface area contributed by atoms with Crippen molar-refractivity contribution in [1.29, 1.82) is 0 Å². The van der Waals surface area contributed by atoms with Gasteiger partial charge in [-0.2, -0.15) is 0 Å². The molecule has 8 aromatic rings. The zero-order valence-corrected chi connectivity index (χ0v) is 25.0. The van der Waals surface area contributed by atoms with Crippen molar-refractivity contribution in [3.05, 3.63) is 158 Å². The lowest BCUT2D eigenvalue weighted by atomic mass is 9.98. The zero-order chi connectivity index (χ0) is 28.5. The van der Waals surface area contributed by atoms with Gasteiger partial charge in [0.25, 0.3) is 0 Å². The number of aromatic nitrogens is 1. The second-order valence-corrected chi connectivity index (χ2v) is 15.5. The Bertz CT molecular complexity index is 2310. The molecule has 2 heterocycles. The number of nitrogens with zero attached hydrogens (tertiary/aromatic N) is 1. The number of aryl methyl sites for hydroxylation is 1. The van der Waals surface area contributed by atoms with E-state index >= 15 is 0 Å². The third-order valence-electron chi connectivity index (χ3n) is 9.66. The summed E-state index contributed by atoms with van der Waals surface area (Å²) in [4.78, 5) is 0. The van der Waals surface area contributed by atoms with E-state index in [1.165, 1.54) is 75.6 Å². The lowest BCUT2D eigenvalue weighted by molar-refractivity contribution is 1.02. The minimum Gasteiger partial charge on any atom is -0.343 e. The second kappa shape index (κ2) is 9.16. The molecule has 0 radical (unpaired) electrons. The molecule has 202 valence electrons. The van der Waals surface area contributed by atoms with Gasteiger partial charge in [0.15, 0.2) is 8.07 Å². The molecule has 1 aliphatic rings. The maximum atomic E-state index is 2.53. The molecular formula is C41H29NSi. The molecule has 0 unspecified atom stereocenters. The number of rotatable bonds is 3. The van der Waals surface area contributed by atoms with Crippen molar-refractivity contribution in [1.82, 2.24) is 4.57 Å². The van der Waals surface area contributed by atoms with Crippen LogP contribution in [-0.4, -0.2) is 12.6 Å². The van der Waals surface area contributed by atoms with Crippen LogP contribution in [0.3, 0.4) is 0 Å². The van der Waals surface area contributed by atoms with E-state index in [1.54, 1.807) is 0 Å². The van der Waals surface area contributed by atoms with Gasteiger partial charge in [-0.05, 0) is 60.3 Å². The van der Waals surface area contributed by atoms with Gasteiger partial charge in [0.05, 0.1) is 5.52 Å². The van der Waals surface area contributed by atoms with Crippen LogP contribution in [-0.2, 0) is 7.05 Å². The van der Waals surface area contributed by atoms with E-state index in [2.05, 4.69) is 169 Å². The van der Waals surface area contributed by atoms with Crippen LogP contribution in [0.2, 0.25) is 0 Å². The summed E-state index contributed by atoms with van der Waals surface area (Å²) in [5.41, 5.74) is 7.86. The Balaban J connectivity index is 1.36. The standard InChI is InChI=1S/C41H29NSi/c1-42-38-26-29-14-9-8-13-28(29)25-37(38)36-21-12-20-33(41(36)42)30-23-24-35-34-19-10-11-22-39(34)43(40(35)27-30,31-15-4-2-5-16-31)32-17-6-3-7-18-32/h2-27H,1H3. The average molecular weight is 564 g/mol.